The maximum absolute atomic E-state index is 12.2. The maximum atomic E-state index is 12.2. The first kappa shape index (κ1) is 40.3. The highest BCUT2D eigenvalue weighted by molar-refractivity contribution is 7.86. The molecule has 2 heterocycles. The number of nitrogens with zero attached hydrogens (tertiary/aromatic N) is 2. The molecule has 4 aromatic carbocycles. The molecule has 2 aliphatic heterocycles. The van der Waals surface area contributed by atoms with Gasteiger partial charge in [-0.1, -0.05) is 98.8 Å². The first-order valence-corrected chi connectivity index (χ1v) is 22.4. The minimum Gasteiger partial charge on any atom is -0.344 e. The van der Waals surface area contributed by atoms with Crippen LogP contribution in [0.3, 0.4) is 0 Å². The molecule has 0 aromatic heterocycles. The van der Waals surface area contributed by atoms with Crippen LogP contribution in [0.1, 0.15) is 71.4 Å². The van der Waals surface area contributed by atoms with Crippen LogP contribution >= 0.6 is 0 Å². The predicted molar refractivity (Wildman–Crippen MR) is 227 cm³/mol. The van der Waals surface area contributed by atoms with Gasteiger partial charge in [0.15, 0.2) is 5.71 Å². The number of hydrogen-bond donors (Lipinski definition) is 1. The van der Waals surface area contributed by atoms with Gasteiger partial charge in [0.25, 0.3) is 20.2 Å². The lowest BCUT2D eigenvalue weighted by atomic mass is 9.79. The molecule has 2 aliphatic rings. The van der Waals surface area contributed by atoms with E-state index in [-0.39, 0.29) is 28.9 Å². The molecule has 0 atom stereocenters. The van der Waals surface area contributed by atoms with Crippen LogP contribution in [0.25, 0.3) is 21.5 Å². The highest BCUT2D eigenvalue weighted by atomic mass is 32.2. The topological polar surface area (TPSA) is 104 Å². The van der Waals surface area contributed by atoms with Crippen LogP contribution in [0.4, 0.5) is 11.4 Å². The Labute approximate surface area is 327 Å². The average molecular weight is 782 g/mol. The van der Waals surface area contributed by atoms with Crippen LogP contribution in [-0.2, 0) is 35.2 Å². The number of anilines is 1. The Bertz CT molecular complexity index is 2460. The summed E-state index contributed by atoms with van der Waals surface area (Å²) in [4.78, 5) is 2.29. The van der Waals surface area contributed by atoms with Crippen molar-refractivity contribution in [1.82, 2.24) is 0 Å². The molecule has 55 heavy (non-hydrogen) atoms. The molecule has 0 saturated heterocycles. The summed E-state index contributed by atoms with van der Waals surface area (Å²) in [6.45, 7) is 12.1. The summed E-state index contributed by atoms with van der Waals surface area (Å²) in [6, 6.07) is 25.5. The molecule has 0 unspecified atom stereocenters. The lowest BCUT2D eigenvalue weighted by Crippen LogP contribution is -2.28. The monoisotopic (exact) mass is 781 g/mol. The van der Waals surface area contributed by atoms with E-state index in [0.29, 0.717) is 38.8 Å². The molecule has 10 heteroatoms. The van der Waals surface area contributed by atoms with Gasteiger partial charge in [0.1, 0.15) is 6.54 Å². The Hall–Kier alpha value is -4.35. The van der Waals surface area contributed by atoms with Gasteiger partial charge in [-0.3, -0.25) is 8.74 Å². The Morgan fingerprint density at radius 1 is 0.709 bits per heavy atom. The number of fused-ring (bicyclic) bond motifs is 6. The highest BCUT2D eigenvalue weighted by Gasteiger charge is 2.45. The molecule has 8 nitrogen and oxygen atoms in total. The summed E-state index contributed by atoms with van der Waals surface area (Å²) in [6.07, 6.45) is 16.7. The van der Waals surface area contributed by atoms with Gasteiger partial charge in [-0.2, -0.15) is 21.4 Å². The van der Waals surface area contributed by atoms with Crippen molar-refractivity contribution in [3.63, 3.8) is 0 Å². The van der Waals surface area contributed by atoms with Crippen molar-refractivity contribution in [3.8, 4) is 0 Å². The van der Waals surface area contributed by atoms with Crippen molar-refractivity contribution in [2.24, 2.45) is 0 Å². The van der Waals surface area contributed by atoms with E-state index < -0.39 is 20.2 Å². The Morgan fingerprint density at radius 3 is 2.02 bits per heavy atom. The van der Waals surface area contributed by atoms with Gasteiger partial charge in [-0.05, 0) is 85.4 Å². The van der Waals surface area contributed by atoms with Crippen molar-refractivity contribution in [1.29, 1.82) is 0 Å². The van der Waals surface area contributed by atoms with Crippen molar-refractivity contribution in [2.75, 3.05) is 36.1 Å². The molecule has 0 spiro atoms. The molecule has 0 radical (unpaired) electrons. The Balaban J connectivity index is 1.24. The summed E-state index contributed by atoms with van der Waals surface area (Å²) < 4.78 is 63.8. The molecular weight excluding hydrogens is 729 g/mol. The summed E-state index contributed by atoms with van der Waals surface area (Å²) in [5.74, 6) is -0.244. The van der Waals surface area contributed by atoms with E-state index in [1.54, 1.807) is 6.92 Å². The fourth-order valence-corrected chi connectivity index (χ4v) is 9.98. The SMILES string of the molecule is CCOS(=O)(=O)CCCC[N+]1=C(C=CC=CC=CC=C2N(CCCCS(=O)(=O)O)c3ccc4ccccc4c3C2(C)C)C(C)(C)c2c1ccc1ccccc21. The number of benzene rings is 4. The summed E-state index contributed by atoms with van der Waals surface area (Å²) in [5.41, 5.74) is 6.51. The molecular formula is C45H53N2O6S2+. The standard InChI is InChI=1S/C45H52N2O6S2/c1-6-53-55(51,52)33-19-17-31-47-39-29-27-35-21-13-15-23-37(35)43(39)45(4,5)41(47)25-11-9-7-8-10-24-40-44(2,3)42-36-22-14-12-20-34(36)26-28-38(42)46(40)30-16-18-32-54(48,49)50/h7-15,20-29H,6,16-19,30-33H2,1-5H3/p+1. The molecule has 6 rings (SSSR count). The molecule has 0 bridgehead atoms. The fraction of sp³-hybridized carbons (Fsp3) is 0.356. The zero-order valence-electron chi connectivity index (χ0n) is 32.5. The van der Waals surface area contributed by atoms with Gasteiger partial charge < -0.3 is 4.90 Å². The highest BCUT2D eigenvalue weighted by Crippen LogP contribution is 2.51. The molecule has 4 aromatic rings. The first-order chi connectivity index (χ1) is 26.2. The van der Waals surface area contributed by atoms with Gasteiger partial charge >= 0.3 is 0 Å². The van der Waals surface area contributed by atoms with Gasteiger partial charge in [0, 0.05) is 47.5 Å². The van der Waals surface area contributed by atoms with Crippen LogP contribution < -0.4 is 4.90 Å². The molecule has 0 fully saturated rings. The minimum absolute atomic E-state index is 0.00468. The van der Waals surface area contributed by atoms with E-state index >= 15 is 0 Å². The van der Waals surface area contributed by atoms with E-state index in [9.17, 15) is 21.4 Å². The lowest BCUT2D eigenvalue weighted by molar-refractivity contribution is -0.438. The largest absolute Gasteiger partial charge is 0.344 e. The van der Waals surface area contributed by atoms with Crippen LogP contribution in [0.2, 0.25) is 0 Å². The quantitative estimate of drug-likeness (QED) is 0.0397. The van der Waals surface area contributed by atoms with E-state index in [1.165, 1.54) is 32.7 Å². The van der Waals surface area contributed by atoms with Crippen molar-refractivity contribution in [2.45, 2.75) is 71.1 Å². The Kier molecular flexibility index (Phi) is 12.0. The Morgan fingerprint density at radius 2 is 1.33 bits per heavy atom. The van der Waals surface area contributed by atoms with Crippen LogP contribution in [-0.4, -0.2) is 62.9 Å². The van der Waals surface area contributed by atoms with Gasteiger partial charge in [0.2, 0.25) is 5.69 Å². The molecule has 0 aliphatic carbocycles. The third kappa shape index (κ3) is 8.73. The fourth-order valence-electron chi connectivity index (χ4n) is 8.38. The maximum Gasteiger partial charge on any atom is 0.267 e. The van der Waals surface area contributed by atoms with Gasteiger partial charge in [-0.15, -0.1) is 0 Å². The third-order valence-corrected chi connectivity index (χ3v) is 13.0. The lowest BCUT2D eigenvalue weighted by Gasteiger charge is -2.27. The second kappa shape index (κ2) is 16.4. The average Bonchev–Trinajstić information content (AvgIpc) is 3.49. The normalized spacial score (nSPS) is 17.6. The smallest absolute Gasteiger partial charge is 0.267 e. The van der Waals surface area contributed by atoms with E-state index in [2.05, 4.69) is 134 Å². The molecule has 0 saturated carbocycles. The van der Waals surface area contributed by atoms with Crippen molar-refractivity contribution < 1.29 is 30.1 Å². The molecule has 0 amide bonds. The number of hydrogen-bond acceptors (Lipinski definition) is 6. The van der Waals surface area contributed by atoms with Gasteiger partial charge in [0.05, 0.1) is 23.5 Å². The van der Waals surface area contributed by atoms with Crippen molar-refractivity contribution >= 4 is 58.9 Å². The van der Waals surface area contributed by atoms with E-state index in [0.717, 1.165) is 22.8 Å². The third-order valence-electron chi connectivity index (χ3n) is 10.8. The second-order valence-corrected chi connectivity index (χ2v) is 18.7. The number of unbranched alkanes of at least 4 members (excludes halogenated alkanes) is 2. The zero-order chi connectivity index (χ0) is 39.4. The van der Waals surface area contributed by atoms with Crippen LogP contribution in [0.15, 0.2) is 121 Å². The minimum atomic E-state index is -4.01. The summed E-state index contributed by atoms with van der Waals surface area (Å²) in [7, 11) is -7.52. The zero-order valence-corrected chi connectivity index (χ0v) is 34.2. The van der Waals surface area contributed by atoms with Crippen LogP contribution in [0, 0.1) is 0 Å². The predicted octanol–water partition coefficient (Wildman–Crippen LogP) is 9.53. The second-order valence-electron chi connectivity index (χ2n) is 15.3. The molecule has 1 N–H and O–H groups in total. The van der Waals surface area contributed by atoms with Gasteiger partial charge in [-0.25, -0.2) is 0 Å². The van der Waals surface area contributed by atoms with Crippen molar-refractivity contribution in [3.05, 3.63) is 132 Å². The number of allylic oxidation sites excluding steroid dienone is 8. The molecule has 290 valence electrons. The number of rotatable bonds is 16. The first-order valence-electron chi connectivity index (χ1n) is 19.2. The van der Waals surface area contributed by atoms with E-state index in [1.807, 2.05) is 18.2 Å². The van der Waals surface area contributed by atoms with E-state index in [4.69, 9.17) is 4.18 Å². The summed E-state index contributed by atoms with van der Waals surface area (Å²) in [5, 5.41) is 4.80. The van der Waals surface area contributed by atoms with Crippen LogP contribution in [0.5, 0.6) is 0 Å². The summed E-state index contributed by atoms with van der Waals surface area (Å²) >= 11 is 0.